The molecule has 0 bridgehead atoms. The van der Waals surface area contributed by atoms with Crippen LogP contribution in [0.1, 0.15) is 25.6 Å². The predicted molar refractivity (Wildman–Crippen MR) is 78.0 cm³/mol. The van der Waals surface area contributed by atoms with Crippen molar-refractivity contribution in [1.29, 1.82) is 0 Å². The third-order valence-electron chi connectivity index (χ3n) is 2.45. The number of carbonyl (C=O) groups excluding carboxylic acids is 1. The number of aromatic nitrogens is 3. The number of thiophene rings is 1. The van der Waals surface area contributed by atoms with E-state index in [9.17, 15) is 4.79 Å². The third-order valence-corrected chi connectivity index (χ3v) is 3.63. The average molecular weight is 296 g/mol. The molecule has 0 fully saturated rings. The summed E-state index contributed by atoms with van der Waals surface area (Å²) in [7, 11) is 0. The highest BCUT2D eigenvalue weighted by molar-refractivity contribution is 7.17. The second-order valence-electron chi connectivity index (χ2n) is 5.09. The van der Waals surface area contributed by atoms with Crippen molar-refractivity contribution in [2.45, 2.75) is 20.8 Å². The third kappa shape index (κ3) is 3.30. The van der Waals surface area contributed by atoms with E-state index in [2.05, 4.69) is 10.1 Å². The molecular formula is C13H14ClN3OS. The molecule has 2 aromatic heterocycles. The molecule has 6 heteroatoms. The second kappa shape index (κ2) is 5.27. The molecule has 0 saturated carbocycles. The standard InChI is InChI=1S/C13H14ClN3OS/c1-13(2,3)12(18)10(17-8-15-7-16-17)6-9-4-5-11(14)19-9/h4-8H,1-3H3/b10-6-. The van der Waals surface area contributed by atoms with Gasteiger partial charge in [-0.05, 0) is 18.2 Å². The number of hydrogen-bond acceptors (Lipinski definition) is 4. The molecular weight excluding hydrogens is 282 g/mol. The molecule has 2 rings (SSSR count). The van der Waals surface area contributed by atoms with Crippen LogP contribution in [-0.2, 0) is 4.79 Å². The molecule has 0 atom stereocenters. The maximum atomic E-state index is 12.5. The lowest BCUT2D eigenvalue weighted by atomic mass is 9.88. The normalized spacial score (nSPS) is 12.7. The SMILES string of the molecule is CC(C)(C)C(=O)/C(=C/c1ccc(Cl)s1)n1cncn1. The number of hydrogen-bond donors (Lipinski definition) is 0. The quantitative estimate of drug-likeness (QED) is 0.813. The second-order valence-corrected chi connectivity index (χ2v) is 6.84. The molecule has 0 aliphatic heterocycles. The molecule has 0 amide bonds. The summed E-state index contributed by atoms with van der Waals surface area (Å²) in [6, 6.07) is 3.68. The predicted octanol–water partition coefficient (Wildman–Crippen LogP) is 3.61. The minimum Gasteiger partial charge on any atom is -0.292 e. The van der Waals surface area contributed by atoms with Crippen LogP contribution in [0.5, 0.6) is 0 Å². The summed E-state index contributed by atoms with van der Waals surface area (Å²) >= 11 is 7.32. The zero-order valence-electron chi connectivity index (χ0n) is 10.9. The van der Waals surface area contributed by atoms with Crippen LogP contribution in [0.3, 0.4) is 0 Å². The summed E-state index contributed by atoms with van der Waals surface area (Å²) in [4.78, 5) is 17.3. The van der Waals surface area contributed by atoms with E-state index in [4.69, 9.17) is 11.6 Å². The van der Waals surface area contributed by atoms with E-state index in [-0.39, 0.29) is 5.78 Å². The van der Waals surface area contributed by atoms with Crippen molar-refractivity contribution in [3.05, 3.63) is 34.0 Å². The van der Waals surface area contributed by atoms with Crippen LogP contribution in [0.25, 0.3) is 11.8 Å². The molecule has 0 aliphatic rings. The van der Waals surface area contributed by atoms with Crippen LogP contribution in [0.15, 0.2) is 24.8 Å². The first-order valence-corrected chi connectivity index (χ1v) is 6.94. The number of allylic oxidation sites excluding steroid dienone is 1. The van der Waals surface area contributed by atoms with Gasteiger partial charge in [-0.2, -0.15) is 5.10 Å². The van der Waals surface area contributed by atoms with Gasteiger partial charge in [0.25, 0.3) is 0 Å². The summed E-state index contributed by atoms with van der Waals surface area (Å²) in [6.07, 6.45) is 4.72. The van der Waals surface area contributed by atoms with Crippen molar-refractivity contribution < 1.29 is 4.79 Å². The van der Waals surface area contributed by atoms with Gasteiger partial charge in [0.1, 0.15) is 18.4 Å². The molecule has 0 spiro atoms. The Labute approximate surface area is 120 Å². The Morgan fingerprint density at radius 3 is 2.63 bits per heavy atom. The number of carbonyl (C=O) groups is 1. The van der Waals surface area contributed by atoms with E-state index < -0.39 is 5.41 Å². The summed E-state index contributed by atoms with van der Waals surface area (Å²) < 4.78 is 2.17. The minimum atomic E-state index is -0.487. The number of ketones is 1. The lowest BCUT2D eigenvalue weighted by Gasteiger charge is -2.18. The zero-order valence-corrected chi connectivity index (χ0v) is 12.5. The summed E-state index contributed by atoms with van der Waals surface area (Å²) in [5.74, 6) is 0.00234. The van der Waals surface area contributed by atoms with E-state index >= 15 is 0 Å². The number of rotatable bonds is 3. The number of halogens is 1. The Hall–Kier alpha value is -1.46. The largest absolute Gasteiger partial charge is 0.292 e. The van der Waals surface area contributed by atoms with Gasteiger partial charge in [0.2, 0.25) is 0 Å². The van der Waals surface area contributed by atoms with E-state index in [1.54, 1.807) is 12.1 Å². The minimum absolute atomic E-state index is 0.00234. The molecule has 0 saturated heterocycles. The molecule has 0 aromatic carbocycles. The fourth-order valence-corrected chi connectivity index (χ4v) is 2.49. The van der Waals surface area contributed by atoms with Crippen molar-refractivity contribution in [2.75, 3.05) is 0 Å². The van der Waals surface area contributed by atoms with Crippen molar-refractivity contribution in [1.82, 2.24) is 14.8 Å². The molecule has 0 unspecified atom stereocenters. The van der Waals surface area contributed by atoms with Crippen LogP contribution < -0.4 is 0 Å². The Morgan fingerprint density at radius 1 is 1.42 bits per heavy atom. The van der Waals surface area contributed by atoms with E-state index in [1.807, 2.05) is 26.8 Å². The highest BCUT2D eigenvalue weighted by Crippen LogP contribution is 2.28. The summed E-state index contributed by atoms with van der Waals surface area (Å²) in [5, 5.41) is 4.04. The molecule has 4 nitrogen and oxygen atoms in total. The zero-order chi connectivity index (χ0) is 14.0. The fraction of sp³-hybridized carbons (Fsp3) is 0.308. The van der Waals surface area contributed by atoms with Gasteiger partial charge < -0.3 is 0 Å². The molecule has 100 valence electrons. The maximum Gasteiger partial charge on any atom is 0.186 e. The van der Waals surface area contributed by atoms with Gasteiger partial charge in [0.15, 0.2) is 5.78 Å². The van der Waals surface area contributed by atoms with Gasteiger partial charge in [0.05, 0.1) is 4.34 Å². The molecule has 2 heterocycles. The van der Waals surface area contributed by atoms with E-state index in [1.165, 1.54) is 28.7 Å². The maximum absolute atomic E-state index is 12.5. The van der Waals surface area contributed by atoms with Gasteiger partial charge in [-0.3, -0.25) is 4.79 Å². The lowest BCUT2D eigenvalue weighted by molar-refractivity contribution is -0.120. The highest BCUT2D eigenvalue weighted by atomic mass is 35.5. The van der Waals surface area contributed by atoms with Gasteiger partial charge in [0, 0.05) is 10.3 Å². The Balaban J connectivity index is 2.47. The summed E-state index contributed by atoms with van der Waals surface area (Å²) in [6.45, 7) is 5.63. The highest BCUT2D eigenvalue weighted by Gasteiger charge is 2.26. The van der Waals surface area contributed by atoms with Crippen molar-refractivity contribution in [3.63, 3.8) is 0 Å². The lowest BCUT2D eigenvalue weighted by Crippen LogP contribution is -2.24. The first kappa shape index (κ1) is 14.0. The van der Waals surface area contributed by atoms with E-state index in [0.717, 1.165) is 4.88 Å². The Bertz CT molecular complexity index is 608. The van der Waals surface area contributed by atoms with Crippen molar-refractivity contribution in [2.24, 2.45) is 5.41 Å². The smallest absolute Gasteiger partial charge is 0.186 e. The Kier molecular flexibility index (Phi) is 3.87. The van der Waals surface area contributed by atoms with Gasteiger partial charge in [-0.25, -0.2) is 9.67 Å². The number of Topliss-reactive ketones (excluding diaryl/α,β-unsaturated/α-hetero) is 1. The molecule has 0 N–H and O–H groups in total. The van der Waals surface area contributed by atoms with Crippen LogP contribution >= 0.6 is 22.9 Å². The van der Waals surface area contributed by atoms with Crippen LogP contribution in [0, 0.1) is 5.41 Å². The fourth-order valence-electron chi connectivity index (χ4n) is 1.49. The average Bonchev–Trinajstić information content (AvgIpc) is 2.95. The van der Waals surface area contributed by atoms with Crippen molar-refractivity contribution >= 4 is 40.5 Å². The summed E-state index contributed by atoms with van der Waals surface area (Å²) in [5.41, 5.74) is 0.00210. The van der Waals surface area contributed by atoms with Gasteiger partial charge in [-0.1, -0.05) is 32.4 Å². The van der Waals surface area contributed by atoms with Crippen LogP contribution in [0.2, 0.25) is 4.34 Å². The van der Waals surface area contributed by atoms with E-state index in [0.29, 0.717) is 10.0 Å². The topological polar surface area (TPSA) is 47.8 Å². The van der Waals surface area contributed by atoms with Crippen LogP contribution in [-0.4, -0.2) is 20.5 Å². The van der Waals surface area contributed by atoms with Gasteiger partial charge >= 0.3 is 0 Å². The molecule has 0 aliphatic carbocycles. The molecule has 19 heavy (non-hydrogen) atoms. The first-order valence-electron chi connectivity index (χ1n) is 5.75. The monoisotopic (exact) mass is 295 g/mol. The van der Waals surface area contributed by atoms with Crippen LogP contribution in [0.4, 0.5) is 0 Å². The first-order chi connectivity index (χ1) is 8.88. The molecule has 0 radical (unpaired) electrons. The van der Waals surface area contributed by atoms with Gasteiger partial charge in [-0.15, -0.1) is 11.3 Å². The molecule has 2 aromatic rings. The Morgan fingerprint density at radius 2 is 2.16 bits per heavy atom. The van der Waals surface area contributed by atoms with Crippen molar-refractivity contribution in [3.8, 4) is 0 Å². The number of nitrogens with zero attached hydrogens (tertiary/aromatic N) is 3.